The molecule has 0 bridgehead atoms. The van der Waals surface area contributed by atoms with Crippen LogP contribution in [-0.4, -0.2) is 41.5 Å². The molecule has 3 rings (SSSR count). The van der Waals surface area contributed by atoms with Crippen molar-refractivity contribution in [1.82, 2.24) is 0 Å². The summed E-state index contributed by atoms with van der Waals surface area (Å²) in [4.78, 5) is 89.6. The highest BCUT2D eigenvalue weighted by Gasteiger charge is 2.42. The first-order chi connectivity index (χ1) is 22.8. The standard InChI is InChI=1S/C25H20N8O16/c1-10(20-16(30(40)41)6-12(28(36)37)7-17(20)31(42)43)48-24(34)22(14-4-3-5-15(26)23(14)27)25(35)49-11(2)21-18(32(44)45)8-13(29(38)39)9-19(21)33(46)47/h3-11,22H,26-27H2,1-2H3. The summed E-state index contributed by atoms with van der Waals surface area (Å²) in [6, 6.07) is 5.02. The minimum Gasteiger partial charge on any atom is -0.456 e. The fourth-order valence-electron chi connectivity index (χ4n) is 4.67. The number of nitro groups is 6. The normalized spacial score (nSPS) is 12.5. The van der Waals surface area contributed by atoms with Crippen molar-refractivity contribution < 1.29 is 48.6 Å². The molecule has 0 saturated carbocycles. The van der Waals surface area contributed by atoms with Crippen LogP contribution >= 0.6 is 0 Å². The highest BCUT2D eigenvalue weighted by atomic mass is 16.7. The maximum atomic E-state index is 13.6. The first-order valence-electron chi connectivity index (χ1n) is 13.0. The number of esters is 2. The minimum atomic E-state index is -2.32. The Morgan fingerprint density at radius 2 is 0.918 bits per heavy atom. The third kappa shape index (κ3) is 7.37. The molecule has 2 atom stereocenters. The zero-order chi connectivity index (χ0) is 37.1. The minimum absolute atomic E-state index is 0.201. The van der Waals surface area contributed by atoms with E-state index in [4.69, 9.17) is 20.9 Å². The molecule has 0 heterocycles. The molecule has 2 unspecified atom stereocenters. The molecule has 0 aromatic heterocycles. The van der Waals surface area contributed by atoms with E-state index in [0.717, 1.165) is 19.9 Å². The average Bonchev–Trinajstić information content (AvgIpc) is 3.01. The number of benzene rings is 3. The number of nitro benzene ring substituents is 6. The lowest BCUT2D eigenvalue weighted by molar-refractivity contribution is -0.405. The van der Waals surface area contributed by atoms with Gasteiger partial charge in [0.1, 0.15) is 23.3 Å². The summed E-state index contributed by atoms with van der Waals surface area (Å²) in [5.74, 6) is -5.63. The molecule has 4 N–H and O–H groups in total. The van der Waals surface area contributed by atoms with E-state index in [1.165, 1.54) is 12.1 Å². The number of nitrogen functional groups attached to an aromatic ring is 2. The van der Waals surface area contributed by atoms with Gasteiger partial charge in [-0.05, 0) is 19.9 Å². The second-order valence-electron chi connectivity index (χ2n) is 9.78. The van der Waals surface area contributed by atoms with Gasteiger partial charge in [-0.2, -0.15) is 0 Å². The van der Waals surface area contributed by atoms with Gasteiger partial charge in [0.05, 0.1) is 65.2 Å². The molecule has 0 aliphatic rings. The Balaban J connectivity index is 2.16. The smallest absolute Gasteiger partial charge is 0.325 e. The SMILES string of the molecule is CC(OC(=O)C(C(=O)OC(C)c1c([N+](=O)[O-])cc([N+](=O)[O-])cc1[N+](=O)[O-])c1cccc(N)c1N)c1c([N+](=O)[O-])cc([N+](=O)[O-])cc1[N+](=O)[O-]. The van der Waals surface area contributed by atoms with Gasteiger partial charge in [-0.25, -0.2) is 0 Å². The van der Waals surface area contributed by atoms with E-state index in [1.54, 1.807) is 0 Å². The van der Waals surface area contributed by atoms with E-state index in [9.17, 15) is 70.3 Å². The number of rotatable bonds is 13. The number of anilines is 2. The Morgan fingerprint density at radius 1 is 0.592 bits per heavy atom. The summed E-state index contributed by atoms with van der Waals surface area (Å²) in [7, 11) is 0. The van der Waals surface area contributed by atoms with Crippen molar-refractivity contribution in [3.63, 3.8) is 0 Å². The van der Waals surface area contributed by atoms with Crippen LogP contribution < -0.4 is 11.5 Å². The lowest BCUT2D eigenvalue weighted by atomic mass is 9.96. The molecule has 0 aliphatic heterocycles. The number of hydrogen-bond donors (Lipinski definition) is 2. The maximum Gasteiger partial charge on any atom is 0.325 e. The number of nitrogens with two attached hydrogens (primary N) is 2. The van der Waals surface area contributed by atoms with Gasteiger partial charge in [-0.1, -0.05) is 12.1 Å². The van der Waals surface area contributed by atoms with Crippen molar-refractivity contribution >= 4 is 57.4 Å². The molecule has 0 amide bonds. The summed E-state index contributed by atoms with van der Waals surface area (Å²) in [6.45, 7) is 1.80. The summed E-state index contributed by atoms with van der Waals surface area (Å²) in [6.07, 6.45) is -3.94. The molecule has 256 valence electrons. The summed E-state index contributed by atoms with van der Waals surface area (Å²) < 4.78 is 10.4. The molecule has 49 heavy (non-hydrogen) atoms. The van der Waals surface area contributed by atoms with Crippen LogP contribution in [0.15, 0.2) is 42.5 Å². The molecule has 3 aromatic rings. The molecule has 0 saturated heterocycles. The molecule has 3 aromatic carbocycles. The molecule has 0 aliphatic carbocycles. The van der Waals surface area contributed by atoms with Gasteiger partial charge in [-0.3, -0.25) is 70.3 Å². The largest absolute Gasteiger partial charge is 0.456 e. The van der Waals surface area contributed by atoms with Crippen molar-refractivity contribution in [2.75, 3.05) is 11.5 Å². The van der Waals surface area contributed by atoms with Gasteiger partial charge in [0, 0.05) is 5.56 Å². The third-order valence-corrected chi connectivity index (χ3v) is 6.81. The van der Waals surface area contributed by atoms with E-state index in [0.29, 0.717) is 24.3 Å². The number of ether oxygens (including phenoxy) is 2. The molecule has 0 spiro atoms. The molecule has 0 fully saturated rings. The Bertz CT molecular complexity index is 1780. The highest BCUT2D eigenvalue weighted by molar-refractivity contribution is 6.03. The second-order valence-corrected chi connectivity index (χ2v) is 9.78. The van der Waals surface area contributed by atoms with Crippen LogP contribution in [0, 0.1) is 60.7 Å². The van der Waals surface area contributed by atoms with Crippen LogP contribution in [0.25, 0.3) is 0 Å². The van der Waals surface area contributed by atoms with Crippen LogP contribution in [0.2, 0.25) is 0 Å². The number of para-hydroxylation sites is 1. The topological polar surface area (TPSA) is 363 Å². The van der Waals surface area contributed by atoms with E-state index in [-0.39, 0.29) is 5.69 Å². The fourth-order valence-corrected chi connectivity index (χ4v) is 4.67. The zero-order valence-corrected chi connectivity index (χ0v) is 24.6. The summed E-state index contributed by atoms with van der Waals surface area (Å²) >= 11 is 0. The van der Waals surface area contributed by atoms with Crippen LogP contribution in [0.1, 0.15) is 48.7 Å². The lowest BCUT2D eigenvalue weighted by Crippen LogP contribution is -2.29. The first-order valence-corrected chi connectivity index (χ1v) is 13.0. The zero-order valence-electron chi connectivity index (χ0n) is 24.6. The maximum absolute atomic E-state index is 13.6. The van der Waals surface area contributed by atoms with Gasteiger partial charge in [-0.15, -0.1) is 0 Å². The monoisotopic (exact) mass is 688 g/mol. The third-order valence-electron chi connectivity index (χ3n) is 6.81. The van der Waals surface area contributed by atoms with Gasteiger partial charge in [0.2, 0.25) is 0 Å². The molecule has 0 radical (unpaired) electrons. The lowest BCUT2D eigenvalue weighted by Gasteiger charge is -2.22. The Morgan fingerprint density at radius 3 is 1.20 bits per heavy atom. The van der Waals surface area contributed by atoms with Crippen LogP contribution in [0.5, 0.6) is 0 Å². The number of nitrogens with zero attached hydrogens (tertiary/aromatic N) is 6. The molecule has 24 nitrogen and oxygen atoms in total. The van der Waals surface area contributed by atoms with Gasteiger partial charge < -0.3 is 20.9 Å². The van der Waals surface area contributed by atoms with Crippen molar-refractivity contribution in [3.8, 4) is 0 Å². The van der Waals surface area contributed by atoms with E-state index in [2.05, 4.69) is 0 Å². The predicted octanol–water partition coefficient (Wildman–Crippen LogP) is 3.99. The quantitative estimate of drug-likeness (QED) is 0.0841. The molecule has 24 heteroatoms. The van der Waals surface area contributed by atoms with Gasteiger partial charge >= 0.3 is 11.9 Å². The second kappa shape index (κ2) is 13.9. The Labute approximate surface area is 269 Å². The van der Waals surface area contributed by atoms with Crippen molar-refractivity contribution in [1.29, 1.82) is 0 Å². The Kier molecular flexibility index (Phi) is 10.3. The highest BCUT2D eigenvalue weighted by Crippen LogP contribution is 2.42. The van der Waals surface area contributed by atoms with E-state index in [1.807, 2.05) is 0 Å². The van der Waals surface area contributed by atoms with E-state index < -0.39 is 116 Å². The van der Waals surface area contributed by atoms with Gasteiger partial charge in [0.25, 0.3) is 34.1 Å². The number of carbonyl (C=O) groups is 2. The van der Waals surface area contributed by atoms with Crippen LogP contribution in [0.4, 0.5) is 45.5 Å². The number of hydrogen-bond acceptors (Lipinski definition) is 18. The van der Waals surface area contributed by atoms with Crippen molar-refractivity contribution in [3.05, 3.63) is 120 Å². The molecular formula is C25H20N8O16. The van der Waals surface area contributed by atoms with Crippen LogP contribution in [-0.2, 0) is 19.1 Å². The van der Waals surface area contributed by atoms with E-state index >= 15 is 0 Å². The number of non-ortho nitro benzene ring substituents is 2. The summed E-state index contributed by atoms with van der Waals surface area (Å²) in [5, 5.41) is 69.5. The first kappa shape index (κ1) is 36.1. The average molecular weight is 688 g/mol. The van der Waals surface area contributed by atoms with Gasteiger partial charge in [0.15, 0.2) is 5.92 Å². The van der Waals surface area contributed by atoms with Crippen molar-refractivity contribution in [2.45, 2.75) is 32.0 Å². The number of carbonyl (C=O) groups excluding carboxylic acids is 2. The Hall–Kier alpha value is -7.40. The van der Waals surface area contributed by atoms with Crippen molar-refractivity contribution in [2.24, 2.45) is 0 Å². The van der Waals surface area contributed by atoms with Crippen LogP contribution in [0.3, 0.4) is 0 Å². The summed E-state index contributed by atoms with van der Waals surface area (Å²) in [5.41, 5.74) is 1.97. The predicted molar refractivity (Wildman–Crippen MR) is 160 cm³/mol. The fraction of sp³-hybridized carbons (Fsp3) is 0.200. The molecular weight excluding hydrogens is 668 g/mol.